The van der Waals surface area contributed by atoms with Gasteiger partial charge in [-0.1, -0.05) is 12.2 Å². The summed E-state index contributed by atoms with van der Waals surface area (Å²) in [5.41, 5.74) is 9.79. The van der Waals surface area contributed by atoms with Gasteiger partial charge in [0.2, 0.25) is 0 Å². The first-order chi connectivity index (χ1) is 7.69. The number of aryl methyl sites for hydroxylation is 2. The molecule has 2 heterocycles. The van der Waals surface area contributed by atoms with E-state index in [2.05, 4.69) is 16.0 Å². The highest BCUT2D eigenvalue weighted by atomic mass is 15.1. The number of imidazole rings is 1. The molecule has 0 bridgehead atoms. The monoisotopic (exact) mass is 216 g/mol. The molecule has 0 saturated heterocycles. The van der Waals surface area contributed by atoms with Gasteiger partial charge in [-0.15, -0.1) is 0 Å². The molecule has 0 aliphatic rings. The molecule has 0 aliphatic carbocycles. The maximum absolute atomic E-state index is 5.65. The summed E-state index contributed by atoms with van der Waals surface area (Å²) in [5.74, 6) is 0.883. The molecule has 2 rings (SSSR count). The van der Waals surface area contributed by atoms with E-state index in [1.165, 1.54) is 0 Å². The van der Waals surface area contributed by atoms with Gasteiger partial charge < -0.3 is 10.3 Å². The Morgan fingerprint density at radius 3 is 2.88 bits per heavy atom. The van der Waals surface area contributed by atoms with Gasteiger partial charge in [-0.25, -0.2) is 4.98 Å². The van der Waals surface area contributed by atoms with E-state index >= 15 is 0 Å². The quantitative estimate of drug-likeness (QED) is 0.832. The van der Waals surface area contributed by atoms with E-state index in [-0.39, 0.29) is 0 Å². The van der Waals surface area contributed by atoms with E-state index in [0.717, 1.165) is 28.1 Å². The van der Waals surface area contributed by atoms with Crippen LogP contribution in [0.4, 0.5) is 0 Å². The minimum atomic E-state index is 0.444. The van der Waals surface area contributed by atoms with Crippen LogP contribution in [-0.2, 0) is 13.6 Å². The number of pyridine rings is 1. The normalized spacial score (nSPS) is 11.8. The Bertz CT molecular complexity index is 552. The van der Waals surface area contributed by atoms with Gasteiger partial charge in [0.1, 0.15) is 11.3 Å². The molecule has 0 saturated carbocycles. The van der Waals surface area contributed by atoms with Gasteiger partial charge in [0, 0.05) is 18.3 Å². The van der Waals surface area contributed by atoms with Gasteiger partial charge >= 0.3 is 0 Å². The molecule has 0 unspecified atom stereocenters. The Morgan fingerprint density at radius 2 is 2.25 bits per heavy atom. The fourth-order valence-electron chi connectivity index (χ4n) is 1.92. The average molecular weight is 216 g/mol. The zero-order valence-corrected chi connectivity index (χ0v) is 9.86. The van der Waals surface area contributed by atoms with Gasteiger partial charge in [-0.2, -0.15) is 0 Å². The van der Waals surface area contributed by atoms with Crippen molar-refractivity contribution in [2.45, 2.75) is 20.4 Å². The second-order valence-corrected chi connectivity index (χ2v) is 3.78. The lowest BCUT2D eigenvalue weighted by Gasteiger charge is -2.04. The van der Waals surface area contributed by atoms with Crippen molar-refractivity contribution in [3.63, 3.8) is 0 Å². The number of rotatable bonds is 2. The topological polar surface area (TPSA) is 56.7 Å². The van der Waals surface area contributed by atoms with Gasteiger partial charge in [0.05, 0.1) is 18.3 Å². The number of nitrogens with two attached hydrogens (primary N) is 1. The van der Waals surface area contributed by atoms with Crippen LogP contribution < -0.4 is 5.73 Å². The van der Waals surface area contributed by atoms with E-state index in [1.54, 1.807) is 6.20 Å². The fraction of sp³-hybridized carbons (Fsp3) is 0.333. The standard InChI is InChI=1S/C12H16N4/c1-4-5-9-8(2)14-7-10-12(9)16(3)11(6-13)15-10/h4-5,7H,6,13H2,1-3H3/b5-4-. The van der Waals surface area contributed by atoms with E-state index in [1.807, 2.05) is 31.5 Å². The van der Waals surface area contributed by atoms with Crippen LogP contribution in [0.1, 0.15) is 24.0 Å². The first-order valence-electron chi connectivity index (χ1n) is 5.32. The minimum absolute atomic E-state index is 0.444. The van der Waals surface area contributed by atoms with Crippen molar-refractivity contribution < 1.29 is 0 Å². The van der Waals surface area contributed by atoms with E-state index in [0.29, 0.717) is 6.54 Å². The zero-order valence-electron chi connectivity index (χ0n) is 9.86. The van der Waals surface area contributed by atoms with Crippen LogP contribution >= 0.6 is 0 Å². The highest BCUT2D eigenvalue weighted by Gasteiger charge is 2.11. The van der Waals surface area contributed by atoms with Crippen LogP contribution in [0.5, 0.6) is 0 Å². The first-order valence-corrected chi connectivity index (χ1v) is 5.32. The van der Waals surface area contributed by atoms with Gasteiger partial charge in [-0.05, 0) is 13.8 Å². The number of fused-ring (bicyclic) bond motifs is 1. The summed E-state index contributed by atoms with van der Waals surface area (Å²) < 4.78 is 2.04. The van der Waals surface area contributed by atoms with Gasteiger partial charge in [0.15, 0.2) is 0 Å². The van der Waals surface area contributed by atoms with Crippen LogP contribution in [0.25, 0.3) is 17.1 Å². The van der Waals surface area contributed by atoms with Crippen LogP contribution in [-0.4, -0.2) is 14.5 Å². The summed E-state index contributed by atoms with van der Waals surface area (Å²) in [7, 11) is 1.99. The van der Waals surface area contributed by atoms with E-state index in [4.69, 9.17) is 5.73 Å². The van der Waals surface area contributed by atoms with Crippen molar-refractivity contribution in [3.05, 3.63) is 29.4 Å². The lowest BCUT2D eigenvalue weighted by Crippen LogP contribution is -2.05. The number of hydrogen-bond acceptors (Lipinski definition) is 3. The third-order valence-electron chi connectivity index (χ3n) is 2.76. The third-order valence-corrected chi connectivity index (χ3v) is 2.76. The van der Waals surface area contributed by atoms with Crippen molar-refractivity contribution in [1.82, 2.24) is 14.5 Å². The molecule has 0 spiro atoms. The highest BCUT2D eigenvalue weighted by molar-refractivity contribution is 5.85. The molecule has 0 radical (unpaired) electrons. The molecule has 2 aromatic heterocycles. The molecule has 16 heavy (non-hydrogen) atoms. The van der Waals surface area contributed by atoms with Crippen molar-refractivity contribution in [2.75, 3.05) is 0 Å². The maximum Gasteiger partial charge on any atom is 0.123 e. The molecule has 0 atom stereocenters. The second kappa shape index (κ2) is 4.06. The van der Waals surface area contributed by atoms with Crippen LogP contribution in [0.2, 0.25) is 0 Å². The summed E-state index contributed by atoms with van der Waals surface area (Å²) in [4.78, 5) is 8.80. The Morgan fingerprint density at radius 1 is 1.50 bits per heavy atom. The Balaban J connectivity index is 2.85. The van der Waals surface area contributed by atoms with Gasteiger partial charge in [0.25, 0.3) is 0 Å². The van der Waals surface area contributed by atoms with Crippen molar-refractivity contribution >= 4 is 17.1 Å². The number of aromatic nitrogens is 3. The Labute approximate surface area is 94.8 Å². The molecule has 0 fully saturated rings. The van der Waals surface area contributed by atoms with E-state index in [9.17, 15) is 0 Å². The fourth-order valence-corrected chi connectivity index (χ4v) is 1.92. The summed E-state index contributed by atoms with van der Waals surface area (Å²) in [6.07, 6.45) is 5.88. The summed E-state index contributed by atoms with van der Waals surface area (Å²) in [5, 5.41) is 0. The van der Waals surface area contributed by atoms with Crippen LogP contribution in [0.15, 0.2) is 12.3 Å². The predicted octanol–water partition coefficient (Wildman–Crippen LogP) is 1.77. The molecule has 2 aromatic rings. The second-order valence-electron chi connectivity index (χ2n) is 3.78. The summed E-state index contributed by atoms with van der Waals surface area (Å²) in [6.45, 7) is 4.45. The van der Waals surface area contributed by atoms with Crippen molar-refractivity contribution in [2.24, 2.45) is 12.8 Å². The van der Waals surface area contributed by atoms with Gasteiger partial charge in [-0.3, -0.25) is 4.98 Å². The van der Waals surface area contributed by atoms with Crippen molar-refractivity contribution in [1.29, 1.82) is 0 Å². The van der Waals surface area contributed by atoms with Crippen LogP contribution in [0, 0.1) is 6.92 Å². The van der Waals surface area contributed by atoms with E-state index < -0.39 is 0 Å². The number of allylic oxidation sites excluding steroid dienone is 1. The molecule has 0 aliphatic heterocycles. The maximum atomic E-state index is 5.65. The largest absolute Gasteiger partial charge is 0.329 e. The molecule has 4 heteroatoms. The Hall–Kier alpha value is -1.68. The van der Waals surface area contributed by atoms with Crippen molar-refractivity contribution in [3.8, 4) is 0 Å². The predicted molar refractivity (Wildman–Crippen MR) is 65.8 cm³/mol. The highest BCUT2D eigenvalue weighted by Crippen LogP contribution is 2.22. The molecule has 4 nitrogen and oxygen atoms in total. The number of hydrogen-bond donors (Lipinski definition) is 1. The molecule has 0 amide bonds. The lowest BCUT2D eigenvalue weighted by atomic mass is 10.1. The molecule has 84 valence electrons. The van der Waals surface area contributed by atoms with Crippen LogP contribution in [0.3, 0.4) is 0 Å². The average Bonchev–Trinajstić information content (AvgIpc) is 2.60. The molecular formula is C12H16N4. The lowest BCUT2D eigenvalue weighted by molar-refractivity contribution is 0.812. The SMILES string of the molecule is C/C=C\c1c(C)ncc2nc(CN)n(C)c12. The molecule has 0 aromatic carbocycles. The Kier molecular flexibility index (Phi) is 2.75. The molecular weight excluding hydrogens is 200 g/mol. The first kappa shape index (κ1) is 10.8. The summed E-state index contributed by atoms with van der Waals surface area (Å²) in [6, 6.07) is 0. The molecule has 2 N–H and O–H groups in total. The summed E-state index contributed by atoms with van der Waals surface area (Å²) >= 11 is 0. The third kappa shape index (κ3) is 1.51. The smallest absolute Gasteiger partial charge is 0.123 e. The number of nitrogens with zero attached hydrogens (tertiary/aromatic N) is 3. The zero-order chi connectivity index (χ0) is 11.7. The minimum Gasteiger partial charge on any atom is -0.329 e.